The van der Waals surface area contributed by atoms with E-state index in [1.807, 2.05) is 26.0 Å². The minimum atomic E-state index is -4.71. The maximum atomic E-state index is 12.8. The van der Waals surface area contributed by atoms with E-state index in [1.165, 1.54) is 6.20 Å². The molecular weight excluding hydrogens is 1110 g/mol. The summed E-state index contributed by atoms with van der Waals surface area (Å²) in [6, 6.07) is 9.36. The molecule has 1 aliphatic carbocycles. The van der Waals surface area contributed by atoms with Crippen LogP contribution in [0, 0.1) is 17.0 Å². The van der Waals surface area contributed by atoms with Gasteiger partial charge in [-0.25, -0.2) is 13.1 Å². The normalized spacial score (nSPS) is 13.0. The summed E-state index contributed by atoms with van der Waals surface area (Å²) in [6.07, 6.45) is -4.65. The minimum Gasteiger partial charge on any atom is -0.480 e. The average molecular weight is 1150 g/mol. The first-order valence-electron chi connectivity index (χ1n) is 21.1. The van der Waals surface area contributed by atoms with Crippen LogP contribution in [0.1, 0.15) is 76.5 Å². The number of aliphatic carboxylic acids is 1. The molecule has 31 heteroatoms. The molecule has 2 heterocycles. The van der Waals surface area contributed by atoms with Crippen LogP contribution in [-0.2, 0) is 47.5 Å². The summed E-state index contributed by atoms with van der Waals surface area (Å²) < 4.78 is 121. The van der Waals surface area contributed by atoms with Gasteiger partial charge in [0.1, 0.15) is 17.8 Å². The number of nitrogen functional groups attached to an aromatic ring is 1. The third-order valence-corrected chi connectivity index (χ3v) is 12.6. The number of halogens is 9. The molecule has 0 bridgehead atoms. The van der Waals surface area contributed by atoms with Crippen molar-refractivity contribution in [1.82, 2.24) is 20.3 Å². The number of aryl methyl sites for hydroxylation is 2. The second kappa shape index (κ2) is 26.2. The first-order chi connectivity index (χ1) is 34.2. The molecule has 0 spiro atoms. The molecule has 74 heavy (non-hydrogen) atoms. The zero-order valence-electron chi connectivity index (χ0n) is 39.4. The van der Waals surface area contributed by atoms with Crippen LogP contribution in [0.3, 0.4) is 0 Å². The Morgan fingerprint density at radius 3 is 2.09 bits per heavy atom. The van der Waals surface area contributed by atoms with Crippen molar-refractivity contribution in [2.24, 2.45) is 0 Å². The third kappa shape index (κ3) is 17.5. The van der Waals surface area contributed by atoms with E-state index in [1.54, 1.807) is 12.0 Å². The molecule has 3 aromatic carbocycles. The van der Waals surface area contributed by atoms with Crippen molar-refractivity contribution in [3.05, 3.63) is 120 Å². The van der Waals surface area contributed by atoms with Crippen LogP contribution in [0.15, 0.2) is 70.3 Å². The number of alkyl halides is 7. The van der Waals surface area contributed by atoms with E-state index in [-0.39, 0.29) is 50.6 Å². The average Bonchev–Trinajstić information content (AvgIpc) is 3.89. The summed E-state index contributed by atoms with van der Waals surface area (Å²) in [5, 5.41) is 27.1. The van der Waals surface area contributed by atoms with Gasteiger partial charge in [-0.3, -0.25) is 34.4 Å². The molecule has 406 valence electrons. The Hall–Kier alpha value is -5.64. The number of nitro groups is 1. The van der Waals surface area contributed by atoms with E-state index in [9.17, 15) is 63.8 Å². The molecule has 1 amide bonds. The van der Waals surface area contributed by atoms with Crippen LogP contribution in [0.4, 0.5) is 43.5 Å². The summed E-state index contributed by atoms with van der Waals surface area (Å²) in [4.78, 5) is 62.0. The first kappa shape index (κ1) is 62.7. The fraction of sp³-hybridized carbons (Fsp3) is 0.372. The molecule has 6 N–H and O–H groups in total. The van der Waals surface area contributed by atoms with E-state index >= 15 is 0 Å². The molecule has 5 aromatic rings. The van der Waals surface area contributed by atoms with Gasteiger partial charge in [0.15, 0.2) is 21.4 Å². The summed E-state index contributed by atoms with van der Waals surface area (Å²) in [5.41, 5.74) is 5.62. The van der Waals surface area contributed by atoms with Gasteiger partial charge in [-0.2, -0.15) is 31.4 Å². The van der Waals surface area contributed by atoms with Crippen molar-refractivity contribution in [3.8, 4) is 5.69 Å². The number of carboxylic acid groups (broad SMARTS) is 1. The van der Waals surface area contributed by atoms with Crippen LogP contribution in [0.25, 0.3) is 5.69 Å². The lowest BCUT2D eigenvalue weighted by atomic mass is 10.0. The summed E-state index contributed by atoms with van der Waals surface area (Å²) in [7, 11) is -6.50. The number of nitrogens with zero attached hydrogens (tertiary/aromatic N) is 5. The Balaban J connectivity index is 0.000000270. The van der Waals surface area contributed by atoms with Gasteiger partial charge < -0.3 is 34.8 Å². The highest BCUT2D eigenvalue weighted by atomic mass is 35.5. The van der Waals surface area contributed by atoms with Gasteiger partial charge in [-0.15, -0.1) is 11.6 Å². The van der Waals surface area contributed by atoms with E-state index in [4.69, 9.17) is 64.7 Å². The molecule has 1 saturated carbocycles. The minimum absolute atomic E-state index is 0.0223. The Kier molecular flexibility index (Phi) is 22.2. The number of nitrogens with one attached hydrogen (secondary N) is 1. The number of ether oxygens (including phenoxy) is 1. The van der Waals surface area contributed by atoms with Gasteiger partial charge >= 0.3 is 31.6 Å². The molecule has 6 rings (SSSR count). The SMILES string of the molecule is CCc1cccc(C)c1N(C(=O)CCl)C(C)COC.CS(=O)(=O)c1cc(C(F)(F)F)ccc1C(=O)c1cnoc1C1CC1.Nc1c([N+](=O)[O-])cnn1-c1c(Cl)cc(C(F)(F)F)cc1Cl.O=C(O)CNCP(=O)(O)O. The molecule has 2 aromatic heterocycles. The first-order valence-corrected chi connectivity index (χ1v) is 26.0. The van der Waals surface area contributed by atoms with E-state index in [0.717, 1.165) is 59.3 Å². The number of nitrogens with two attached hydrogens (primary N) is 1. The second-order valence-corrected chi connectivity index (χ2v) is 20.6. The number of carboxylic acids is 1. The summed E-state index contributed by atoms with van der Waals surface area (Å²) in [5.74, 6) is -1.98. The topological polar surface area (TPSA) is 301 Å². The fourth-order valence-electron chi connectivity index (χ4n) is 6.63. The van der Waals surface area contributed by atoms with Crippen molar-refractivity contribution >= 4 is 87.1 Å². The number of amides is 1. The Bertz CT molecular complexity index is 2960. The van der Waals surface area contributed by atoms with E-state index in [2.05, 4.69) is 28.6 Å². The van der Waals surface area contributed by atoms with Crippen molar-refractivity contribution in [1.29, 1.82) is 0 Å². The van der Waals surface area contributed by atoms with Gasteiger partial charge in [-0.1, -0.05) is 53.5 Å². The largest absolute Gasteiger partial charge is 0.480 e. The zero-order chi connectivity index (χ0) is 56.3. The van der Waals surface area contributed by atoms with Gasteiger partial charge in [0.2, 0.25) is 11.7 Å². The molecule has 0 radical (unpaired) electrons. The highest BCUT2D eigenvalue weighted by Crippen LogP contribution is 2.43. The lowest BCUT2D eigenvalue weighted by Gasteiger charge is -2.31. The number of ketones is 1. The lowest BCUT2D eigenvalue weighted by Crippen LogP contribution is -2.43. The van der Waals surface area contributed by atoms with Crippen molar-refractivity contribution in [3.63, 3.8) is 0 Å². The van der Waals surface area contributed by atoms with Crippen molar-refractivity contribution < 1.29 is 82.8 Å². The number of carbonyl (C=O) groups is 3. The van der Waals surface area contributed by atoms with Gasteiger partial charge in [-0.05, 0) is 74.6 Å². The predicted octanol–water partition coefficient (Wildman–Crippen LogP) is 8.85. The number of sulfone groups is 1. The smallest absolute Gasteiger partial charge is 0.416 e. The van der Waals surface area contributed by atoms with E-state index in [0.29, 0.717) is 36.6 Å². The highest BCUT2D eigenvalue weighted by molar-refractivity contribution is 7.90. The number of benzene rings is 3. The van der Waals surface area contributed by atoms with Crippen molar-refractivity contribution in [2.75, 3.05) is 49.3 Å². The predicted molar refractivity (Wildman–Crippen MR) is 259 cm³/mol. The molecule has 1 aliphatic rings. The number of hydrogen-bond acceptors (Lipinski definition) is 14. The molecule has 0 saturated heterocycles. The Morgan fingerprint density at radius 1 is 1.04 bits per heavy atom. The fourth-order valence-corrected chi connectivity index (χ4v) is 8.71. The van der Waals surface area contributed by atoms with Gasteiger partial charge in [0.05, 0.1) is 73.9 Å². The van der Waals surface area contributed by atoms with Gasteiger partial charge in [0.25, 0.3) is 0 Å². The number of rotatable bonds is 16. The van der Waals surface area contributed by atoms with Crippen LogP contribution < -0.4 is 16.0 Å². The van der Waals surface area contributed by atoms with Gasteiger partial charge in [0, 0.05) is 24.8 Å². The molecule has 1 atom stereocenters. The van der Waals surface area contributed by atoms with Crippen LogP contribution in [0.5, 0.6) is 0 Å². The zero-order valence-corrected chi connectivity index (χ0v) is 43.4. The monoisotopic (exact) mass is 1150 g/mol. The molecule has 20 nitrogen and oxygen atoms in total. The van der Waals surface area contributed by atoms with E-state index < -0.39 is 86.8 Å². The lowest BCUT2D eigenvalue weighted by molar-refractivity contribution is -0.383. The summed E-state index contributed by atoms with van der Waals surface area (Å²) in [6.45, 7) is 6.12. The van der Waals surface area contributed by atoms with Crippen molar-refractivity contribution in [2.45, 2.75) is 69.2 Å². The highest BCUT2D eigenvalue weighted by Gasteiger charge is 2.37. The molecule has 0 aliphatic heterocycles. The quantitative estimate of drug-likeness (QED) is 0.0154. The third-order valence-electron chi connectivity index (χ3n) is 10.1. The number of carbonyl (C=O) groups excluding carboxylic acids is 2. The Morgan fingerprint density at radius 2 is 1.64 bits per heavy atom. The number of aromatic nitrogens is 3. The van der Waals surface area contributed by atoms with Crippen LogP contribution >= 0.6 is 42.4 Å². The standard InChI is InChI=1S/C15H22ClNO2.C15H12F3NO4S.C10H5Cl2F3N4O2.C3H8NO5P/c1-5-13-8-6-7-11(2)15(13)17(14(18)9-16)12(3)10-19-4;1-24(21,22)12-6-9(15(16,17)18)4-5-10(12)13(20)11-7-19-23-14(11)8-2-3-8;11-5-1-4(10(13,14)15)2-6(12)8(5)18-9(16)7(3-17-18)19(20)21;5-3(6)1-4-2-10(7,8)9/h6-8,12H,5,9-10H2,1-4H3;4-8H,2-3H2,1H3;1-3H,16H2;4H,1-2H2,(H,5,6)(H2,7,8,9). The number of anilines is 2. The number of methoxy groups -OCH3 is 1. The number of hydrogen-bond donors (Lipinski definition) is 5. The maximum Gasteiger partial charge on any atom is 0.416 e. The molecular formula is C43H47Cl3F6N7O13PS. The van der Waals surface area contributed by atoms with Crippen LogP contribution in [0.2, 0.25) is 10.0 Å². The second-order valence-electron chi connectivity index (χ2n) is 15.8. The molecule has 1 fully saturated rings. The summed E-state index contributed by atoms with van der Waals surface area (Å²) >= 11 is 17.3. The number of para-hydroxylation sites is 1. The molecule has 1 unspecified atom stereocenters. The maximum absolute atomic E-state index is 12.8. The Labute approximate surface area is 432 Å². The van der Waals surface area contributed by atoms with Crippen LogP contribution in [-0.4, -0.2) is 106 Å².